The first-order chi connectivity index (χ1) is 9.99. The van der Waals surface area contributed by atoms with Gasteiger partial charge in [0.25, 0.3) is 5.69 Å². The molecule has 1 heterocycles. The first kappa shape index (κ1) is 15.2. The highest BCUT2D eigenvalue weighted by Gasteiger charge is 2.14. The van der Waals surface area contributed by atoms with Crippen molar-refractivity contribution in [3.8, 4) is 0 Å². The third-order valence-corrected chi connectivity index (χ3v) is 3.49. The molecule has 1 aromatic heterocycles. The Labute approximate surface area is 131 Å². The van der Waals surface area contributed by atoms with Gasteiger partial charge in [0, 0.05) is 42.9 Å². The molecule has 0 aliphatic heterocycles. The summed E-state index contributed by atoms with van der Waals surface area (Å²) in [6, 6.07) is 6.92. The van der Waals surface area contributed by atoms with E-state index in [0.29, 0.717) is 16.6 Å². The largest absolute Gasteiger partial charge is 0.378 e. The molecule has 0 fully saturated rings. The molecule has 6 nitrogen and oxygen atoms in total. The molecule has 0 radical (unpaired) electrons. The van der Waals surface area contributed by atoms with Gasteiger partial charge in [-0.2, -0.15) is 0 Å². The monoisotopic (exact) mass is 350 g/mol. The summed E-state index contributed by atoms with van der Waals surface area (Å²) in [4.78, 5) is 16.8. The van der Waals surface area contributed by atoms with E-state index in [9.17, 15) is 10.1 Å². The van der Waals surface area contributed by atoms with Crippen LogP contribution in [0.25, 0.3) is 0 Å². The predicted molar refractivity (Wildman–Crippen MR) is 86.7 cm³/mol. The van der Waals surface area contributed by atoms with Crippen LogP contribution in [0.1, 0.15) is 5.56 Å². The lowest BCUT2D eigenvalue weighted by atomic mass is 10.1. The molecule has 110 valence electrons. The van der Waals surface area contributed by atoms with E-state index in [2.05, 4.69) is 26.2 Å². The minimum absolute atomic E-state index is 0.0900. The fraction of sp³-hybridized carbons (Fsp3) is 0.214. The molecule has 0 unspecified atom stereocenters. The normalized spacial score (nSPS) is 10.2. The van der Waals surface area contributed by atoms with Crippen LogP contribution in [0.5, 0.6) is 0 Å². The van der Waals surface area contributed by atoms with Crippen LogP contribution in [-0.4, -0.2) is 24.0 Å². The molecule has 2 aromatic rings. The van der Waals surface area contributed by atoms with Crippen molar-refractivity contribution >= 4 is 33.0 Å². The lowest BCUT2D eigenvalue weighted by Crippen LogP contribution is -2.12. The third kappa shape index (κ3) is 3.69. The van der Waals surface area contributed by atoms with Gasteiger partial charge in [0.2, 0.25) is 0 Å². The van der Waals surface area contributed by atoms with Gasteiger partial charge < -0.3 is 10.2 Å². The second kappa shape index (κ2) is 6.53. The zero-order valence-electron chi connectivity index (χ0n) is 11.7. The maximum absolute atomic E-state index is 11.1. The van der Waals surface area contributed by atoms with Gasteiger partial charge in [-0.1, -0.05) is 15.9 Å². The number of hydrogen-bond acceptors (Lipinski definition) is 5. The van der Waals surface area contributed by atoms with Crippen LogP contribution in [0.15, 0.2) is 41.1 Å². The number of nitrogens with zero attached hydrogens (tertiary/aromatic N) is 3. The Balaban J connectivity index is 2.23. The van der Waals surface area contributed by atoms with E-state index in [0.717, 1.165) is 11.4 Å². The van der Waals surface area contributed by atoms with Crippen molar-refractivity contribution in [3.05, 3.63) is 56.8 Å². The van der Waals surface area contributed by atoms with E-state index in [1.54, 1.807) is 24.5 Å². The van der Waals surface area contributed by atoms with Gasteiger partial charge in [0.05, 0.1) is 22.5 Å². The molecule has 0 spiro atoms. The average molecular weight is 351 g/mol. The quantitative estimate of drug-likeness (QED) is 0.660. The lowest BCUT2D eigenvalue weighted by molar-refractivity contribution is -0.385. The van der Waals surface area contributed by atoms with Crippen LogP contribution in [0.4, 0.5) is 17.1 Å². The molecule has 0 bridgehead atoms. The van der Waals surface area contributed by atoms with E-state index in [1.807, 2.05) is 25.1 Å². The molecule has 0 aliphatic rings. The van der Waals surface area contributed by atoms with Gasteiger partial charge in [0.15, 0.2) is 0 Å². The van der Waals surface area contributed by atoms with Crippen molar-refractivity contribution in [2.45, 2.75) is 6.54 Å². The zero-order chi connectivity index (χ0) is 15.4. The Morgan fingerprint density at radius 3 is 2.81 bits per heavy atom. The number of nitro groups is 1. The van der Waals surface area contributed by atoms with Crippen molar-refractivity contribution in [2.75, 3.05) is 24.3 Å². The summed E-state index contributed by atoms with van der Waals surface area (Å²) in [5.74, 6) is 0. The second-order valence-electron chi connectivity index (χ2n) is 4.67. The molecule has 0 aliphatic carbocycles. The number of nitro benzene ring substituents is 1. The number of hydrogen-bond donors (Lipinski definition) is 1. The van der Waals surface area contributed by atoms with Crippen LogP contribution in [0.3, 0.4) is 0 Å². The van der Waals surface area contributed by atoms with Crippen molar-refractivity contribution in [2.24, 2.45) is 0 Å². The van der Waals surface area contributed by atoms with Crippen molar-refractivity contribution < 1.29 is 4.92 Å². The molecule has 21 heavy (non-hydrogen) atoms. The molecular formula is C14H15BrN4O2. The number of benzene rings is 1. The van der Waals surface area contributed by atoms with E-state index >= 15 is 0 Å². The first-order valence-corrected chi connectivity index (χ1v) is 7.06. The summed E-state index contributed by atoms with van der Waals surface area (Å²) >= 11 is 3.25. The maximum Gasteiger partial charge on any atom is 0.275 e. The summed E-state index contributed by atoms with van der Waals surface area (Å²) in [5.41, 5.74) is 2.52. The smallest absolute Gasteiger partial charge is 0.275 e. The van der Waals surface area contributed by atoms with Crippen LogP contribution >= 0.6 is 15.9 Å². The molecule has 2 rings (SSSR count). The fourth-order valence-corrected chi connectivity index (χ4v) is 2.31. The van der Waals surface area contributed by atoms with Crippen molar-refractivity contribution in [1.82, 2.24) is 4.98 Å². The molecule has 0 atom stereocenters. The van der Waals surface area contributed by atoms with E-state index in [-0.39, 0.29) is 10.6 Å². The minimum Gasteiger partial charge on any atom is -0.378 e. The summed E-state index contributed by atoms with van der Waals surface area (Å²) in [5, 5.41) is 14.3. The van der Waals surface area contributed by atoms with Gasteiger partial charge in [0.1, 0.15) is 0 Å². The lowest BCUT2D eigenvalue weighted by Gasteiger charge is -2.17. The Kier molecular flexibility index (Phi) is 4.74. The molecular weight excluding hydrogens is 336 g/mol. The van der Waals surface area contributed by atoms with Gasteiger partial charge in [-0.05, 0) is 18.2 Å². The fourth-order valence-electron chi connectivity index (χ4n) is 1.96. The summed E-state index contributed by atoms with van der Waals surface area (Å²) in [7, 11) is 3.87. The third-order valence-electron chi connectivity index (χ3n) is 2.99. The molecule has 7 heteroatoms. The second-order valence-corrected chi connectivity index (χ2v) is 5.59. The molecule has 0 amide bonds. The highest BCUT2D eigenvalue weighted by Crippen LogP contribution is 2.27. The van der Waals surface area contributed by atoms with E-state index in [1.165, 1.54) is 6.07 Å². The van der Waals surface area contributed by atoms with Crippen LogP contribution < -0.4 is 10.2 Å². The van der Waals surface area contributed by atoms with Crippen LogP contribution in [-0.2, 0) is 6.54 Å². The standard InChI is InChI=1S/C14H15BrN4O2/c1-18(2)13-5-6-16-9-12(13)17-8-10-3-4-11(15)7-14(10)19(20)21/h3-7,9,17H,8H2,1-2H3. The molecule has 0 saturated heterocycles. The average Bonchev–Trinajstić information content (AvgIpc) is 2.46. The van der Waals surface area contributed by atoms with Crippen LogP contribution in [0, 0.1) is 10.1 Å². The predicted octanol–water partition coefficient (Wildman–Crippen LogP) is 3.43. The van der Waals surface area contributed by atoms with E-state index < -0.39 is 0 Å². The number of nitrogens with one attached hydrogen (secondary N) is 1. The molecule has 0 saturated carbocycles. The first-order valence-electron chi connectivity index (χ1n) is 6.27. The Hall–Kier alpha value is -2.15. The highest BCUT2D eigenvalue weighted by molar-refractivity contribution is 9.10. The topological polar surface area (TPSA) is 71.3 Å². The van der Waals surface area contributed by atoms with Gasteiger partial charge in [-0.25, -0.2) is 0 Å². The molecule has 1 N–H and O–H groups in total. The van der Waals surface area contributed by atoms with Gasteiger partial charge in [-0.3, -0.25) is 15.1 Å². The Bertz CT molecular complexity index is 661. The number of pyridine rings is 1. The van der Waals surface area contributed by atoms with Crippen LogP contribution in [0.2, 0.25) is 0 Å². The Morgan fingerprint density at radius 2 is 2.14 bits per heavy atom. The summed E-state index contributed by atoms with van der Waals surface area (Å²) in [6.45, 7) is 0.357. The number of anilines is 2. The number of halogens is 1. The maximum atomic E-state index is 11.1. The van der Waals surface area contributed by atoms with Crippen molar-refractivity contribution in [1.29, 1.82) is 0 Å². The van der Waals surface area contributed by atoms with E-state index in [4.69, 9.17) is 0 Å². The minimum atomic E-state index is -0.377. The Morgan fingerprint density at radius 1 is 1.38 bits per heavy atom. The number of aromatic nitrogens is 1. The molecule has 1 aromatic carbocycles. The van der Waals surface area contributed by atoms with Crippen molar-refractivity contribution in [3.63, 3.8) is 0 Å². The van der Waals surface area contributed by atoms with Gasteiger partial charge in [-0.15, -0.1) is 0 Å². The zero-order valence-corrected chi connectivity index (χ0v) is 13.3. The SMILES string of the molecule is CN(C)c1ccncc1NCc1ccc(Br)cc1[N+](=O)[O-]. The summed E-state index contributed by atoms with van der Waals surface area (Å²) in [6.07, 6.45) is 3.42. The summed E-state index contributed by atoms with van der Waals surface area (Å²) < 4.78 is 0.688. The van der Waals surface area contributed by atoms with Gasteiger partial charge >= 0.3 is 0 Å². The number of rotatable bonds is 5. The highest BCUT2D eigenvalue weighted by atomic mass is 79.9.